The third-order valence-corrected chi connectivity index (χ3v) is 2.81. The molecule has 2 rings (SSSR count). The van der Waals surface area contributed by atoms with Crippen LogP contribution >= 0.6 is 0 Å². The number of nitrogens with one attached hydrogen (secondary N) is 1. The molecule has 0 amide bonds. The number of nitrogens with zero attached hydrogens (tertiary/aromatic N) is 4. The molecule has 0 bridgehead atoms. The van der Waals surface area contributed by atoms with E-state index < -0.39 is 5.97 Å². The van der Waals surface area contributed by atoms with Crippen LogP contribution in [-0.2, 0) is 4.74 Å². The van der Waals surface area contributed by atoms with Gasteiger partial charge in [0.05, 0.1) is 7.11 Å². The number of aromatic nitrogens is 4. The maximum absolute atomic E-state index is 11.7. The SMILES string of the molecule is CCNc1nnc2c(C)c(C)c(C(=O)OC)nn12. The number of ether oxygens (including phenoxy) is 1. The highest BCUT2D eigenvalue weighted by Gasteiger charge is 2.19. The zero-order chi connectivity index (χ0) is 13.3. The molecular weight excluding hydrogens is 234 g/mol. The minimum absolute atomic E-state index is 0.279. The standard InChI is InChI=1S/C11H15N5O2/c1-5-12-11-14-13-9-7(3)6(2)8(10(17)18-4)15-16(9)11/h5H2,1-4H3,(H,12,14). The Hall–Kier alpha value is -2.18. The summed E-state index contributed by atoms with van der Waals surface area (Å²) in [7, 11) is 1.33. The van der Waals surface area contributed by atoms with Crippen LogP contribution in [0.2, 0.25) is 0 Å². The fraction of sp³-hybridized carbons (Fsp3) is 0.455. The molecule has 0 saturated carbocycles. The second-order valence-electron chi connectivity index (χ2n) is 3.88. The largest absolute Gasteiger partial charge is 0.464 e. The van der Waals surface area contributed by atoms with Crippen LogP contribution in [0.4, 0.5) is 5.95 Å². The van der Waals surface area contributed by atoms with Gasteiger partial charge in [0.15, 0.2) is 11.3 Å². The lowest BCUT2D eigenvalue weighted by Crippen LogP contribution is -2.13. The lowest BCUT2D eigenvalue weighted by atomic mass is 10.1. The number of carbonyl (C=O) groups excluding carboxylic acids is 1. The van der Waals surface area contributed by atoms with Gasteiger partial charge in [-0.1, -0.05) is 0 Å². The number of carbonyl (C=O) groups is 1. The number of esters is 1. The normalized spacial score (nSPS) is 10.7. The van der Waals surface area contributed by atoms with Gasteiger partial charge in [-0.25, -0.2) is 4.79 Å². The van der Waals surface area contributed by atoms with Crippen molar-refractivity contribution < 1.29 is 9.53 Å². The van der Waals surface area contributed by atoms with Crippen molar-refractivity contribution in [1.29, 1.82) is 0 Å². The van der Waals surface area contributed by atoms with E-state index in [1.54, 1.807) is 0 Å². The molecule has 1 N–H and O–H groups in total. The van der Waals surface area contributed by atoms with Gasteiger partial charge in [-0.05, 0) is 26.3 Å². The molecule has 0 unspecified atom stereocenters. The van der Waals surface area contributed by atoms with Gasteiger partial charge in [0.25, 0.3) is 0 Å². The first-order valence-corrected chi connectivity index (χ1v) is 5.65. The summed E-state index contributed by atoms with van der Waals surface area (Å²) in [6, 6.07) is 0. The Morgan fingerprint density at radius 1 is 1.33 bits per heavy atom. The predicted molar refractivity (Wildman–Crippen MR) is 65.8 cm³/mol. The zero-order valence-electron chi connectivity index (χ0n) is 10.8. The molecule has 7 nitrogen and oxygen atoms in total. The molecule has 0 radical (unpaired) electrons. The molecule has 0 fully saturated rings. The summed E-state index contributed by atoms with van der Waals surface area (Å²) in [5.41, 5.74) is 2.53. The van der Waals surface area contributed by atoms with Crippen LogP contribution in [0.5, 0.6) is 0 Å². The molecular formula is C11H15N5O2. The van der Waals surface area contributed by atoms with Crippen molar-refractivity contribution in [3.63, 3.8) is 0 Å². The number of fused-ring (bicyclic) bond motifs is 1. The zero-order valence-corrected chi connectivity index (χ0v) is 10.8. The number of hydrogen-bond donors (Lipinski definition) is 1. The molecule has 0 aliphatic heterocycles. The molecule has 2 heterocycles. The molecule has 0 aliphatic rings. The first-order chi connectivity index (χ1) is 8.60. The Balaban J connectivity index is 2.70. The molecule has 2 aromatic rings. The minimum Gasteiger partial charge on any atom is -0.464 e. The van der Waals surface area contributed by atoms with E-state index in [-0.39, 0.29) is 5.69 Å². The van der Waals surface area contributed by atoms with Crippen LogP contribution in [0, 0.1) is 13.8 Å². The van der Waals surface area contributed by atoms with Gasteiger partial charge < -0.3 is 10.1 Å². The van der Waals surface area contributed by atoms with Gasteiger partial charge in [0.1, 0.15) is 0 Å². The van der Waals surface area contributed by atoms with E-state index in [1.807, 2.05) is 20.8 Å². The van der Waals surface area contributed by atoms with Gasteiger partial charge >= 0.3 is 5.97 Å². The van der Waals surface area contributed by atoms with Crippen LogP contribution in [0.25, 0.3) is 5.65 Å². The van der Waals surface area contributed by atoms with Crippen molar-refractivity contribution >= 4 is 17.6 Å². The molecule has 7 heteroatoms. The predicted octanol–water partition coefficient (Wildman–Crippen LogP) is 0.960. The lowest BCUT2D eigenvalue weighted by molar-refractivity contribution is 0.0591. The van der Waals surface area contributed by atoms with Crippen LogP contribution in [0.3, 0.4) is 0 Å². The van der Waals surface area contributed by atoms with Gasteiger partial charge in [0.2, 0.25) is 5.95 Å². The number of aryl methyl sites for hydroxylation is 1. The van der Waals surface area contributed by atoms with Crippen molar-refractivity contribution in [1.82, 2.24) is 19.8 Å². The highest BCUT2D eigenvalue weighted by Crippen LogP contribution is 2.18. The lowest BCUT2D eigenvalue weighted by Gasteiger charge is -2.08. The quantitative estimate of drug-likeness (QED) is 0.816. The molecule has 18 heavy (non-hydrogen) atoms. The number of anilines is 1. The molecule has 0 saturated heterocycles. The highest BCUT2D eigenvalue weighted by atomic mass is 16.5. The van der Waals surface area contributed by atoms with Gasteiger partial charge in [-0.2, -0.15) is 9.61 Å². The van der Waals surface area contributed by atoms with Crippen molar-refractivity contribution in [3.05, 3.63) is 16.8 Å². The van der Waals surface area contributed by atoms with E-state index in [1.165, 1.54) is 11.6 Å². The first kappa shape index (κ1) is 12.3. The highest BCUT2D eigenvalue weighted by molar-refractivity contribution is 5.89. The average Bonchev–Trinajstić information content (AvgIpc) is 2.76. The van der Waals surface area contributed by atoms with Crippen molar-refractivity contribution in [2.45, 2.75) is 20.8 Å². The van der Waals surface area contributed by atoms with Crippen LogP contribution in [-0.4, -0.2) is 39.4 Å². The number of methoxy groups -OCH3 is 1. The fourth-order valence-electron chi connectivity index (χ4n) is 1.69. The third kappa shape index (κ3) is 1.77. The second-order valence-corrected chi connectivity index (χ2v) is 3.88. The summed E-state index contributed by atoms with van der Waals surface area (Å²) < 4.78 is 6.25. The maximum atomic E-state index is 11.7. The van der Waals surface area contributed by atoms with E-state index in [4.69, 9.17) is 4.74 Å². The first-order valence-electron chi connectivity index (χ1n) is 5.65. The van der Waals surface area contributed by atoms with Crippen LogP contribution in [0.1, 0.15) is 28.5 Å². The Kier molecular flexibility index (Phi) is 3.14. The Labute approximate surface area is 104 Å². The van der Waals surface area contributed by atoms with Gasteiger partial charge in [-0.15, -0.1) is 10.2 Å². The second kappa shape index (κ2) is 4.59. The third-order valence-electron chi connectivity index (χ3n) is 2.81. The summed E-state index contributed by atoms with van der Waals surface area (Å²) in [4.78, 5) is 11.7. The van der Waals surface area contributed by atoms with E-state index >= 15 is 0 Å². The molecule has 2 aromatic heterocycles. The molecule has 0 spiro atoms. The van der Waals surface area contributed by atoms with Gasteiger partial charge in [-0.3, -0.25) is 0 Å². The van der Waals surface area contributed by atoms with E-state index in [2.05, 4.69) is 20.6 Å². The summed E-state index contributed by atoms with van der Waals surface area (Å²) in [6.07, 6.45) is 0. The Bertz CT molecular complexity index is 605. The van der Waals surface area contributed by atoms with E-state index in [0.717, 1.165) is 11.1 Å². The molecule has 0 aliphatic carbocycles. The number of rotatable bonds is 3. The Morgan fingerprint density at radius 3 is 2.67 bits per heavy atom. The van der Waals surface area contributed by atoms with E-state index in [9.17, 15) is 4.79 Å². The van der Waals surface area contributed by atoms with Gasteiger partial charge in [0, 0.05) is 12.1 Å². The van der Waals surface area contributed by atoms with Crippen molar-refractivity contribution in [2.75, 3.05) is 19.0 Å². The molecule has 0 aromatic carbocycles. The topological polar surface area (TPSA) is 81.4 Å². The number of hydrogen-bond acceptors (Lipinski definition) is 6. The fourth-order valence-corrected chi connectivity index (χ4v) is 1.69. The average molecular weight is 249 g/mol. The maximum Gasteiger partial charge on any atom is 0.358 e. The Morgan fingerprint density at radius 2 is 2.06 bits per heavy atom. The summed E-state index contributed by atoms with van der Waals surface area (Å²) >= 11 is 0. The monoisotopic (exact) mass is 249 g/mol. The summed E-state index contributed by atoms with van der Waals surface area (Å²) in [5, 5.41) is 15.3. The minimum atomic E-state index is -0.464. The molecule has 0 atom stereocenters. The smallest absolute Gasteiger partial charge is 0.358 e. The van der Waals surface area contributed by atoms with Crippen LogP contribution < -0.4 is 5.32 Å². The molecule has 96 valence electrons. The van der Waals surface area contributed by atoms with Crippen molar-refractivity contribution in [3.8, 4) is 0 Å². The van der Waals surface area contributed by atoms with Crippen LogP contribution in [0.15, 0.2) is 0 Å². The summed E-state index contributed by atoms with van der Waals surface area (Å²) in [5.74, 6) is 0.0504. The van der Waals surface area contributed by atoms with Crippen molar-refractivity contribution in [2.24, 2.45) is 0 Å². The summed E-state index contributed by atoms with van der Waals surface area (Å²) in [6.45, 7) is 6.34. The van der Waals surface area contributed by atoms with E-state index in [0.29, 0.717) is 18.1 Å².